The molecule has 0 aliphatic heterocycles. The minimum atomic E-state index is -1.12. The van der Waals surface area contributed by atoms with Crippen LogP contribution in [0.4, 0.5) is 5.69 Å². The monoisotopic (exact) mass is 311 g/mol. The van der Waals surface area contributed by atoms with E-state index in [1.165, 1.54) is 6.07 Å². The van der Waals surface area contributed by atoms with Crippen molar-refractivity contribution >= 4 is 23.6 Å². The first-order valence-corrected chi connectivity index (χ1v) is 6.75. The Morgan fingerprint density at radius 3 is 2.17 bits per heavy atom. The molecule has 7 nitrogen and oxygen atoms in total. The Bertz CT molecular complexity index is 791. The second kappa shape index (κ2) is 6.61. The predicted octanol–water partition coefficient (Wildman–Crippen LogP) is 1.58. The van der Waals surface area contributed by atoms with Gasteiger partial charge >= 0.3 is 5.97 Å². The van der Waals surface area contributed by atoms with E-state index in [9.17, 15) is 9.90 Å². The van der Waals surface area contributed by atoms with Crippen LogP contribution < -0.4 is 17.2 Å². The maximum atomic E-state index is 11.5. The van der Waals surface area contributed by atoms with Crippen LogP contribution in [0, 0.1) is 6.92 Å². The van der Waals surface area contributed by atoms with Gasteiger partial charge in [0.2, 0.25) is 5.96 Å². The molecule has 0 atom stereocenters. The van der Waals surface area contributed by atoms with E-state index in [2.05, 4.69) is 9.98 Å². The van der Waals surface area contributed by atoms with E-state index in [1.54, 1.807) is 12.1 Å². The number of carboxylic acid groups (broad SMARTS) is 1. The van der Waals surface area contributed by atoms with Gasteiger partial charge in [-0.05, 0) is 30.2 Å². The fraction of sp³-hybridized carbons (Fsp3) is 0.0625. The molecule has 7 heteroatoms. The highest BCUT2D eigenvalue weighted by Gasteiger charge is 2.12. The van der Waals surface area contributed by atoms with Crippen LogP contribution in [0.2, 0.25) is 0 Å². The molecule has 0 aromatic heterocycles. The minimum Gasteiger partial charge on any atom is -0.478 e. The van der Waals surface area contributed by atoms with Crippen molar-refractivity contribution in [1.29, 1.82) is 0 Å². The highest BCUT2D eigenvalue weighted by molar-refractivity contribution is 5.98. The van der Waals surface area contributed by atoms with Gasteiger partial charge in [-0.15, -0.1) is 0 Å². The van der Waals surface area contributed by atoms with E-state index >= 15 is 0 Å². The SMILES string of the molecule is Cc1ccc(-c2ccc(N=C(N)N=C(N)N)c(C(=O)O)c2)cc1. The van der Waals surface area contributed by atoms with Crippen molar-refractivity contribution in [3.63, 3.8) is 0 Å². The number of nitrogens with zero attached hydrogens (tertiary/aromatic N) is 2. The number of benzene rings is 2. The van der Waals surface area contributed by atoms with Crippen LogP contribution >= 0.6 is 0 Å². The van der Waals surface area contributed by atoms with Crippen LogP contribution in [0.15, 0.2) is 52.4 Å². The topological polar surface area (TPSA) is 140 Å². The van der Waals surface area contributed by atoms with Gasteiger partial charge in [-0.3, -0.25) is 0 Å². The number of nitrogens with two attached hydrogens (primary N) is 3. The van der Waals surface area contributed by atoms with Crippen molar-refractivity contribution in [1.82, 2.24) is 0 Å². The van der Waals surface area contributed by atoms with Gasteiger partial charge in [0.05, 0.1) is 11.3 Å². The summed E-state index contributed by atoms with van der Waals surface area (Å²) in [4.78, 5) is 19.0. The summed E-state index contributed by atoms with van der Waals surface area (Å²) in [5, 5.41) is 9.38. The van der Waals surface area contributed by atoms with Gasteiger partial charge in [-0.2, -0.15) is 4.99 Å². The Morgan fingerprint density at radius 2 is 1.61 bits per heavy atom. The summed E-state index contributed by atoms with van der Waals surface area (Å²) < 4.78 is 0. The molecule has 2 aromatic rings. The van der Waals surface area contributed by atoms with Crippen LogP contribution in [0.1, 0.15) is 15.9 Å². The molecule has 0 heterocycles. The van der Waals surface area contributed by atoms with E-state index in [0.717, 1.165) is 16.7 Å². The molecular formula is C16H17N5O2. The molecule has 0 unspecified atom stereocenters. The van der Waals surface area contributed by atoms with Crippen LogP contribution in [-0.4, -0.2) is 23.0 Å². The van der Waals surface area contributed by atoms with Gasteiger partial charge < -0.3 is 22.3 Å². The molecule has 2 aromatic carbocycles. The molecule has 118 valence electrons. The first-order valence-electron chi connectivity index (χ1n) is 6.75. The molecule has 0 fully saturated rings. The summed E-state index contributed by atoms with van der Waals surface area (Å²) >= 11 is 0. The van der Waals surface area contributed by atoms with E-state index in [-0.39, 0.29) is 23.2 Å². The van der Waals surface area contributed by atoms with Crippen molar-refractivity contribution < 1.29 is 9.90 Å². The normalized spacial score (nSPS) is 11.1. The largest absolute Gasteiger partial charge is 0.478 e. The number of aromatic carboxylic acids is 1. The highest BCUT2D eigenvalue weighted by atomic mass is 16.4. The Kier molecular flexibility index (Phi) is 4.61. The molecular weight excluding hydrogens is 294 g/mol. The van der Waals surface area contributed by atoms with E-state index < -0.39 is 5.97 Å². The minimum absolute atomic E-state index is 0.0109. The molecule has 23 heavy (non-hydrogen) atoms. The Morgan fingerprint density at radius 1 is 1.00 bits per heavy atom. The maximum Gasteiger partial charge on any atom is 0.337 e. The maximum absolute atomic E-state index is 11.5. The number of aliphatic imine (C=N–C) groups is 2. The summed E-state index contributed by atoms with van der Waals surface area (Å²) in [5.74, 6) is -1.58. The van der Waals surface area contributed by atoms with Crippen molar-refractivity contribution in [3.8, 4) is 11.1 Å². The van der Waals surface area contributed by atoms with Crippen molar-refractivity contribution in [2.24, 2.45) is 27.2 Å². The molecule has 0 amide bonds. The average Bonchev–Trinajstić information content (AvgIpc) is 2.47. The Hall–Kier alpha value is -3.35. The summed E-state index contributed by atoms with van der Waals surface area (Å²) in [5.41, 5.74) is 19.0. The standard InChI is InChI=1S/C16H17N5O2/c1-9-2-4-10(5-3-9)11-6-7-13(12(8-11)14(22)23)20-16(19)21-15(17)18/h2-8H,1H3,(H,22,23)(H6,17,18,19,20,21). The third kappa shape index (κ3) is 4.07. The van der Waals surface area contributed by atoms with Gasteiger partial charge in [-0.1, -0.05) is 35.9 Å². The number of aryl methyl sites for hydroxylation is 1. The lowest BCUT2D eigenvalue weighted by atomic mass is 10.0. The van der Waals surface area contributed by atoms with Crippen molar-refractivity contribution in [3.05, 3.63) is 53.6 Å². The predicted molar refractivity (Wildman–Crippen MR) is 90.7 cm³/mol. The fourth-order valence-electron chi connectivity index (χ4n) is 2.01. The average molecular weight is 311 g/mol. The third-order valence-corrected chi connectivity index (χ3v) is 3.09. The first kappa shape index (κ1) is 16.0. The second-order valence-electron chi connectivity index (χ2n) is 4.91. The molecule has 0 spiro atoms. The summed E-state index contributed by atoms with van der Waals surface area (Å²) in [6.45, 7) is 1.98. The van der Waals surface area contributed by atoms with Gasteiger partial charge in [0, 0.05) is 0 Å². The zero-order valence-corrected chi connectivity index (χ0v) is 12.5. The molecule has 0 aliphatic rings. The Balaban J connectivity index is 2.49. The Labute approximate surface area is 133 Å². The number of hydrogen-bond donors (Lipinski definition) is 4. The smallest absolute Gasteiger partial charge is 0.337 e. The van der Waals surface area contributed by atoms with Crippen LogP contribution in [0.3, 0.4) is 0 Å². The lowest BCUT2D eigenvalue weighted by molar-refractivity contribution is 0.0698. The van der Waals surface area contributed by atoms with E-state index in [4.69, 9.17) is 17.2 Å². The van der Waals surface area contributed by atoms with Gasteiger partial charge in [-0.25, -0.2) is 9.79 Å². The van der Waals surface area contributed by atoms with Crippen LogP contribution in [-0.2, 0) is 0 Å². The fourth-order valence-corrected chi connectivity index (χ4v) is 2.01. The zero-order valence-electron chi connectivity index (χ0n) is 12.5. The van der Waals surface area contributed by atoms with Crippen molar-refractivity contribution in [2.45, 2.75) is 6.92 Å². The second-order valence-corrected chi connectivity index (χ2v) is 4.91. The molecule has 7 N–H and O–H groups in total. The van der Waals surface area contributed by atoms with E-state index in [0.29, 0.717) is 0 Å². The lowest BCUT2D eigenvalue weighted by Crippen LogP contribution is -2.26. The number of guanidine groups is 2. The number of carboxylic acids is 1. The van der Waals surface area contributed by atoms with Gasteiger partial charge in [0.25, 0.3) is 0 Å². The van der Waals surface area contributed by atoms with E-state index in [1.807, 2.05) is 31.2 Å². The highest BCUT2D eigenvalue weighted by Crippen LogP contribution is 2.27. The number of carbonyl (C=O) groups is 1. The molecule has 2 rings (SSSR count). The summed E-state index contributed by atoms with van der Waals surface area (Å²) in [7, 11) is 0. The quantitative estimate of drug-likeness (QED) is 0.503. The third-order valence-electron chi connectivity index (χ3n) is 3.09. The molecule has 0 saturated heterocycles. The lowest BCUT2D eigenvalue weighted by Gasteiger charge is -2.07. The van der Waals surface area contributed by atoms with Gasteiger partial charge in [0.1, 0.15) is 0 Å². The number of hydrogen-bond acceptors (Lipinski definition) is 2. The van der Waals surface area contributed by atoms with Crippen molar-refractivity contribution in [2.75, 3.05) is 0 Å². The molecule has 0 radical (unpaired) electrons. The molecule has 0 aliphatic carbocycles. The molecule has 0 saturated carbocycles. The molecule has 0 bridgehead atoms. The van der Waals surface area contributed by atoms with Gasteiger partial charge in [0.15, 0.2) is 5.96 Å². The van der Waals surface area contributed by atoms with Crippen LogP contribution in [0.5, 0.6) is 0 Å². The van der Waals surface area contributed by atoms with Crippen LogP contribution in [0.25, 0.3) is 11.1 Å². The number of rotatable bonds is 3. The summed E-state index contributed by atoms with van der Waals surface area (Å²) in [6, 6.07) is 12.6. The first-order chi connectivity index (χ1) is 10.9. The summed E-state index contributed by atoms with van der Waals surface area (Å²) in [6.07, 6.45) is 0. The zero-order chi connectivity index (χ0) is 17.0.